The molecule has 0 aliphatic heterocycles. The number of rotatable bonds is 2. The lowest BCUT2D eigenvalue weighted by atomic mass is 9.61. The fourth-order valence-electron chi connectivity index (χ4n) is 3.81. The van der Waals surface area contributed by atoms with Crippen LogP contribution in [0.25, 0.3) is 0 Å². The SMILES string of the molecule is C[C@H]1CCCC(C)(C)[C@H]1C(O)c1ccc(C(F)(F)F)cc1. The van der Waals surface area contributed by atoms with Crippen LogP contribution in [0.15, 0.2) is 24.3 Å². The molecule has 21 heavy (non-hydrogen) atoms. The first-order valence-electron chi connectivity index (χ1n) is 7.48. The zero-order valence-corrected chi connectivity index (χ0v) is 12.7. The van der Waals surface area contributed by atoms with E-state index in [1.165, 1.54) is 12.1 Å². The van der Waals surface area contributed by atoms with Gasteiger partial charge in [0, 0.05) is 0 Å². The Bertz CT molecular complexity index is 476. The van der Waals surface area contributed by atoms with E-state index in [4.69, 9.17) is 0 Å². The normalized spacial score (nSPS) is 27.4. The van der Waals surface area contributed by atoms with Gasteiger partial charge >= 0.3 is 6.18 Å². The number of hydrogen-bond acceptors (Lipinski definition) is 1. The highest BCUT2D eigenvalue weighted by molar-refractivity contribution is 5.27. The molecule has 0 heterocycles. The number of aliphatic hydroxyl groups excluding tert-OH is 1. The van der Waals surface area contributed by atoms with Gasteiger partial charge in [-0.3, -0.25) is 0 Å². The van der Waals surface area contributed by atoms with E-state index in [0.717, 1.165) is 31.4 Å². The van der Waals surface area contributed by atoms with E-state index < -0.39 is 17.8 Å². The van der Waals surface area contributed by atoms with Crippen LogP contribution in [0.3, 0.4) is 0 Å². The van der Waals surface area contributed by atoms with E-state index in [0.29, 0.717) is 11.5 Å². The van der Waals surface area contributed by atoms with Crippen molar-refractivity contribution in [3.05, 3.63) is 35.4 Å². The predicted octanol–water partition coefficient (Wildman–Crippen LogP) is 5.20. The third kappa shape index (κ3) is 3.42. The van der Waals surface area contributed by atoms with E-state index in [1.807, 2.05) is 0 Å². The molecular formula is C17H23F3O. The van der Waals surface area contributed by atoms with Crippen molar-refractivity contribution in [1.29, 1.82) is 0 Å². The van der Waals surface area contributed by atoms with Crippen LogP contribution >= 0.6 is 0 Å². The first-order chi connectivity index (χ1) is 9.63. The van der Waals surface area contributed by atoms with Gasteiger partial charge in [-0.05, 0) is 41.4 Å². The van der Waals surface area contributed by atoms with Gasteiger partial charge < -0.3 is 5.11 Å². The summed E-state index contributed by atoms with van der Waals surface area (Å²) in [5.41, 5.74) is -0.0935. The summed E-state index contributed by atoms with van der Waals surface area (Å²) >= 11 is 0. The quantitative estimate of drug-likeness (QED) is 0.795. The maximum absolute atomic E-state index is 12.6. The van der Waals surface area contributed by atoms with E-state index in [2.05, 4.69) is 20.8 Å². The molecule has 1 saturated carbocycles. The minimum absolute atomic E-state index is 0.000216. The van der Waals surface area contributed by atoms with Crippen molar-refractivity contribution >= 4 is 0 Å². The smallest absolute Gasteiger partial charge is 0.388 e. The molecule has 1 unspecified atom stereocenters. The zero-order chi connectivity index (χ0) is 15.8. The van der Waals surface area contributed by atoms with Gasteiger partial charge in [-0.2, -0.15) is 13.2 Å². The highest BCUT2D eigenvalue weighted by Gasteiger charge is 2.41. The van der Waals surface area contributed by atoms with Crippen molar-refractivity contribution in [3.8, 4) is 0 Å². The zero-order valence-electron chi connectivity index (χ0n) is 12.7. The molecule has 0 radical (unpaired) electrons. The van der Waals surface area contributed by atoms with Gasteiger partial charge in [0.25, 0.3) is 0 Å². The van der Waals surface area contributed by atoms with Crippen molar-refractivity contribution in [2.45, 2.75) is 52.3 Å². The molecule has 0 aromatic heterocycles. The Morgan fingerprint density at radius 3 is 2.24 bits per heavy atom. The van der Waals surface area contributed by atoms with Crippen molar-refractivity contribution in [2.75, 3.05) is 0 Å². The van der Waals surface area contributed by atoms with Crippen LogP contribution in [0, 0.1) is 17.3 Å². The number of hydrogen-bond donors (Lipinski definition) is 1. The summed E-state index contributed by atoms with van der Waals surface area (Å²) in [6.45, 7) is 6.40. The first kappa shape index (κ1) is 16.3. The molecule has 4 heteroatoms. The number of halogens is 3. The van der Waals surface area contributed by atoms with Crippen LogP contribution in [0.4, 0.5) is 13.2 Å². The molecule has 0 saturated heterocycles. The van der Waals surface area contributed by atoms with Gasteiger partial charge in [0.1, 0.15) is 0 Å². The molecule has 1 aromatic carbocycles. The summed E-state index contributed by atoms with van der Waals surface area (Å²) < 4.78 is 37.8. The maximum Gasteiger partial charge on any atom is 0.416 e. The number of alkyl halides is 3. The van der Waals surface area contributed by atoms with Crippen LogP contribution in [0.5, 0.6) is 0 Å². The second kappa shape index (κ2) is 5.64. The van der Waals surface area contributed by atoms with Gasteiger partial charge in [0.15, 0.2) is 0 Å². The van der Waals surface area contributed by atoms with Gasteiger partial charge in [-0.15, -0.1) is 0 Å². The fourth-order valence-corrected chi connectivity index (χ4v) is 3.81. The monoisotopic (exact) mass is 300 g/mol. The summed E-state index contributed by atoms with van der Waals surface area (Å²) in [6, 6.07) is 4.92. The Hall–Kier alpha value is -1.03. The van der Waals surface area contributed by atoms with Crippen LogP contribution in [0.2, 0.25) is 0 Å². The molecule has 1 aliphatic rings. The van der Waals surface area contributed by atoms with Crippen LogP contribution in [-0.4, -0.2) is 5.11 Å². The molecule has 2 rings (SSSR count). The Morgan fingerprint density at radius 2 is 1.76 bits per heavy atom. The molecule has 118 valence electrons. The largest absolute Gasteiger partial charge is 0.416 e. The van der Waals surface area contributed by atoms with Gasteiger partial charge in [0.2, 0.25) is 0 Å². The van der Waals surface area contributed by atoms with Crippen LogP contribution < -0.4 is 0 Å². The Labute approximate surface area is 124 Å². The number of benzene rings is 1. The molecule has 1 aromatic rings. The molecule has 1 aliphatic carbocycles. The average molecular weight is 300 g/mol. The summed E-state index contributed by atoms with van der Waals surface area (Å²) in [6.07, 6.45) is -1.80. The first-order valence-corrected chi connectivity index (χ1v) is 7.48. The Kier molecular flexibility index (Phi) is 4.39. The minimum atomic E-state index is -4.33. The fraction of sp³-hybridized carbons (Fsp3) is 0.647. The van der Waals surface area contributed by atoms with E-state index in [-0.39, 0.29) is 11.3 Å². The molecule has 1 N–H and O–H groups in total. The van der Waals surface area contributed by atoms with E-state index in [9.17, 15) is 18.3 Å². The lowest BCUT2D eigenvalue weighted by molar-refractivity contribution is -0.137. The highest BCUT2D eigenvalue weighted by Crippen LogP contribution is 2.49. The molecule has 1 nitrogen and oxygen atoms in total. The van der Waals surface area contributed by atoms with E-state index in [1.54, 1.807) is 0 Å². The average Bonchev–Trinajstić information content (AvgIpc) is 2.36. The van der Waals surface area contributed by atoms with Gasteiger partial charge in [-0.25, -0.2) is 0 Å². The van der Waals surface area contributed by atoms with Gasteiger partial charge in [0.05, 0.1) is 11.7 Å². The van der Waals surface area contributed by atoms with Crippen molar-refractivity contribution in [2.24, 2.45) is 17.3 Å². The summed E-state index contributed by atoms with van der Waals surface area (Å²) in [5.74, 6) is 0.439. The summed E-state index contributed by atoms with van der Waals surface area (Å²) in [7, 11) is 0. The van der Waals surface area contributed by atoms with Gasteiger partial charge in [-0.1, -0.05) is 45.7 Å². The Balaban J connectivity index is 2.24. The highest BCUT2D eigenvalue weighted by atomic mass is 19.4. The molecule has 3 atom stereocenters. The van der Waals surface area contributed by atoms with Crippen LogP contribution in [-0.2, 0) is 6.18 Å². The number of aliphatic hydroxyl groups is 1. The summed E-state index contributed by atoms with van der Waals surface area (Å²) in [5, 5.41) is 10.7. The third-order valence-corrected chi connectivity index (χ3v) is 4.92. The van der Waals surface area contributed by atoms with E-state index >= 15 is 0 Å². The lowest BCUT2D eigenvalue weighted by Crippen LogP contribution is -2.37. The minimum Gasteiger partial charge on any atom is -0.388 e. The molecule has 0 spiro atoms. The topological polar surface area (TPSA) is 20.2 Å². The lowest BCUT2D eigenvalue weighted by Gasteiger charge is -2.45. The van der Waals surface area contributed by atoms with Crippen LogP contribution in [0.1, 0.15) is 57.3 Å². The Morgan fingerprint density at radius 1 is 1.19 bits per heavy atom. The third-order valence-electron chi connectivity index (χ3n) is 4.92. The maximum atomic E-state index is 12.6. The summed E-state index contributed by atoms with van der Waals surface area (Å²) in [4.78, 5) is 0. The second-order valence-electron chi connectivity index (χ2n) is 6.95. The molecule has 0 bridgehead atoms. The predicted molar refractivity (Wildman–Crippen MR) is 76.7 cm³/mol. The van der Waals surface area contributed by atoms with Crippen molar-refractivity contribution in [1.82, 2.24) is 0 Å². The molecule has 0 amide bonds. The van der Waals surface area contributed by atoms with Crippen molar-refractivity contribution in [3.63, 3.8) is 0 Å². The second-order valence-corrected chi connectivity index (χ2v) is 6.95. The standard InChI is InChI=1S/C17H23F3O/c1-11-5-4-10-16(2,3)14(11)15(21)12-6-8-13(9-7-12)17(18,19)20/h6-9,11,14-15,21H,4-5,10H2,1-3H3/t11-,14+,15?/m0/s1. The molecule has 1 fully saturated rings. The van der Waals surface area contributed by atoms with Crippen molar-refractivity contribution < 1.29 is 18.3 Å². The molecular weight excluding hydrogens is 277 g/mol.